The van der Waals surface area contributed by atoms with Crippen molar-refractivity contribution in [3.8, 4) is 0 Å². The van der Waals surface area contributed by atoms with Crippen LogP contribution in [0, 0.1) is 20.2 Å². The summed E-state index contributed by atoms with van der Waals surface area (Å²) in [6.07, 6.45) is 0. The van der Waals surface area contributed by atoms with E-state index in [1.807, 2.05) is 0 Å². The Labute approximate surface area is 69.3 Å². The fraction of sp³-hybridized carbons (Fsp3) is 1.00. The lowest BCUT2D eigenvalue weighted by atomic mass is 10.0. The lowest BCUT2D eigenvalue weighted by molar-refractivity contribution is -0.810. The first-order valence-corrected chi connectivity index (χ1v) is 2.96. The Morgan fingerprint density at radius 2 is 1.58 bits per heavy atom. The van der Waals surface area contributed by atoms with E-state index in [1.165, 1.54) is 4.90 Å². The van der Waals surface area contributed by atoms with Crippen LogP contribution < -0.4 is 0 Å². The van der Waals surface area contributed by atoms with Crippen molar-refractivity contribution in [1.82, 2.24) is 4.90 Å². The monoisotopic (exact) mass is 177 g/mol. The van der Waals surface area contributed by atoms with E-state index in [9.17, 15) is 20.2 Å². The van der Waals surface area contributed by atoms with Gasteiger partial charge in [-0.2, -0.15) is 0 Å². The molecule has 70 valence electrons. The molecule has 1 aliphatic heterocycles. The molecule has 7 heteroatoms. The fourth-order valence-electron chi connectivity index (χ4n) is 1.12. The molecular weight excluding hydrogens is 166 g/mol. The fourth-order valence-corrected chi connectivity index (χ4v) is 1.12. The van der Waals surface area contributed by atoms with Crippen LogP contribution in [0.3, 0.4) is 0 Å². The average molecular weight is 177 g/mol. The third-order valence-electron chi connectivity index (χ3n) is 1.73. The zero-order valence-electron chi connectivity index (χ0n) is 5.89. The topological polar surface area (TPSA) is 89.5 Å². The second kappa shape index (κ2) is 3.02. The number of rotatable bonds is 2. The first-order valence-electron chi connectivity index (χ1n) is 2.96. The summed E-state index contributed by atoms with van der Waals surface area (Å²) in [4.78, 5) is 20.3. The Morgan fingerprint density at radius 3 is 1.67 bits per heavy atom. The van der Waals surface area contributed by atoms with Crippen LogP contribution in [0.25, 0.3) is 0 Å². The highest BCUT2D eigenvalue weighted by Gasteiger charge is 2.64. The molecule has 0 bridgehead atoms. The van der Waals surface area contributed by atoms with Crippen LogP contribution >= 0.6 is 0 Å². The number of hydrogen-bond donors (Lipinski definition) is 0. The summed E-state index contributed by atoms with van der Waals surface area (Å²) in [6, 6.07) is 0. The molecule has 0 aromatic heterocycles. The van der Waals surface area contributed by atoms with Crippen molar-refractivity contribution in [3.05, 3.63) is 20.2 Å². The Hall–Kier alpha value is -1.24. The molecule has 0 aromatic carbocycles. The van der Waals surface area contributed by atoms with Gasteiger partial charge in [0, 0.05) is 0 Å². The first-order chi connectivity index (χ1) is 4.99. The molecule has 1 aliphatic rings. The lowest BCUT2D eigenvalue weighted by Crippen LogP contribution is -2.68. The van der Waals surface area contributed by atoms with Crippen LogP contribution in [-0.2, 0) is 0 Å². The van der Waals surface area contributed by atoms with Gasteiger partial charge in [-0.25, -0.2) is 0 Å². The van der Waals surface area contributed by atoms with E-state index in [1.54, 1.807) is 7.05 Å². The largest absolute Gasteiger partial charge is 0.482 e. The average Bonchev–Trinajstić information content (AvgIpc) is 1.78. The van der Waals surface area contributed by atoms with Crippen LogP contribution in [0.5, 0.6) is 0 Å². The molecule has 0 unspecified atom stereocenters. The Kier molecular flexibility index (Phi) is 2.70. The number of likely N-dealkylation sites (N-methyl/N-ethyl adjacent to an activating group) is 1. The minimum absolute atomic E-state index is 0. The van der Waals surface area contributed by atoms with Gasteiger partial charge < -0.3 is 0 Å². The molecule has 1 rings (SSSR count). The molecule has 0 N–H and O–H groups in total. The van der Waals surface area contributed by atoms with Crippen molar-refractivity contribution in [2.45, 2.75) is 13.1 Å². The van der Waals surface area contributed by atoms with Crippen LogP contribution in [0.1, 0.15) is 7.43 Å². The van der Waals surface area contributed by atoms with E-state index < -0.39 is 15.5 Å². The molecule has 1 heterocycles. The molecule has 1 fully saturated rings. The van der Waals surface area contributed by atoms with Crippen molar-refractivity contribution in [2.75, 3.05) is 20.1 Å². The van der Waals surface area contributed by atoms with Gasteiger partial charge in [0.15, 0.2) is 0 Å². The number of nitrogens with zero attached hydrogens (tertiary/aromatic N) is 3. The van der Waals surface area contributed by atoms with Gasteiger partial charge in [-0.05, 0) is 7.05 Å². The van der Waals surface area contributed by atoms with Crippen molar-refractivity contribution < 1.29 is 9.85 Å². The molecule has 0 saturated carbocycles. The maximum atomic E-state index is 10.2. The van der Waals surface area contributed by atoms with Gasteiger partial charge in [-0.15, -0.1) is 0 Å². The van der Waals surface area contributed by atoms with Gasteiger partial charge in [0.05, 0.1) is 0 Å². The minimum Gasteiger partial charge on any atom is -0.280 e. The van der Waals surface area contributed by atoms with Crippen LogP contribution in [0.2, 0.25) is 0 Å². The maximum absolute atomic E-state index is 10.2. The van der Waals surface area contributed by atoms with E-state index in [0.717, 1.165) is 0 Å². The first kappa shape index (κ1) is 10.8. The molecule has 7 nitrogen and oxygen atoms in total. The number of nitro groups is 2. The molecule has 0 aliphatic carbocycles. The van der Waals surface area contributed by atoms with E-state index in [0.29, 0.717) is 0 Å². The summed E-state index contributed by atoms with van der Waals surface area (Å²) < 4.78 is 0. The van der Waals surface area contributed by atoms with Gasteiger partial charge in [-0.3, -0.25) is 25.1 Å². The summed E-state index contributed by atoms with van der Waals surface area (Å²) in [5, 5.41) is 20.5. The van der Waals surface area contributed by atoms with Crippen molar-refractivity contribution in [2.24, 2.45) is 0 Å². The molecule has 0 atom stereocenters. The van der Waals surface area contributed by atoms with E-state index >= 15 is 0 Å². The van der Waals surface area contributed by atoms with Gasteiger partial charge >= 0.3 is 5.66 Å². The number of likely N-dealkylation sites (tertiary alicyclic amines) is 1. The van der Waals surface area contributed by atoms with Crippen LogP contribution in [0.4, 0.5) is 0 Å². The Morgan fingerprint density at radius 1 is 1.25 bits per heavy atom. The Balaban J connectivity index is 0.00000121. The molecule has 0 aromatic rings. The highest BCUT2D eigenvalue weighted by atomic mass is 16.7. The third-order valence-corrected chi connectivity index (χ3v) is 1.73. The highest BCUT2D eigenvalue weighted by molar-refractivity contribution is 4.84. The summed E-state index contributed by atoms with van der Waals surface area (Å²) in [6.45, 7) is -0.208. The zero-order chi connectivity index (χ0) is 8.65. The lowest BCUT2D eigenvalue weighted by Gasteiger charge is -2.32. The quantitative estimate of drug-likeness (QED) is 0.331. The van der Waals surface area contributed by atoms with Gasteiger partial charge in [0.1, 0.15) is 22.9 Å². The molecular formula is C5H11N3O4. The van der Waals surface area contributed by atoms with Gasteiger partial charge in [-0.1, -0.05) is 7.43 Å². The SMILES string of the molecule is C.CN1CC([N+](=O)[O-])([N+](=O)[O-])C1. The molecule has 12 heavy (non-hydrogen) atoms. The second-order valence-electron chi connectivity index (χ2n) is 2.67. The van der Waals surface area contributed by atoms with Crippen molar-refractivity contribution in [3.63, 3.8) is 0 Å². The number of hydrogen-bond acceptors (Lipinski definition) is 5. The smallest absolute Gasteiger partial charge is 0.280 e. The van der Waals surface area contributed by atoms with Gasteiger partial charge in [0.25, 0.3) is 0 Å². The van der Waals surface area contributed by atoms with Gasteiger partial charge in [0.2, 0.25) is 0 Å². The summed E-state index contributed by atoms with van der Waals surface area (Å²) in [7, 11) is 1.60. The molecule has 0 radical (unpaired) electrons. The van der Waals surface area contributed by atoms with E-state index in [-0.39, 0.29) is 20.5 Å². The third kappa shape index (κ3) is 1.22. The Bertz CT molecular complexity index is 195. The van der Waals surface area contributed by atoms with Crippen molar-refractivity contribution >= 4 is 0 Å². The zero-order valence-corrected chi connectivity index (χ0v) is 5.89. The van der Waals surface area contributed by atoms with Crippen LogP contribution in [0.15, 0.2) is 0 Å². The standard InChI is InChI=1S/C4H7N3O4.CH4/c1-5-2-4(3-5,6(8)9)7(10)11;/h2-3H2,1H3;1H4. The minimum atomic E-state index is -1.94. The predicted octanol–water partition coefficient (Wildman–Crippen LogP) is -0.182. The normalized spacial score (nSPS) is 20.4. The molecule has 0 spiro atoms. The molecule has 0 amide bonds. The van der Waals surface area contributed by atoms with E-state index in [4.69, 9.17) is 0 Å². The van der Waals surface area contributed by atoms with Crippen molar-refractivity contribution in [1.29, 1.82) is 0 Å². The van der Waals surface area contributed by atoms with Crippen LogP contribution in [-0.4, -0.2) is 40.5 Å². The second-order valence-corrected chi connectivity index (χ2v) is 2.67. The summed E-state index contributed by atoms with van der Waals surface area (Å²) in [5.74, 6) is 0. The predicted molar refractivity (Wildman–Crippen MR) is 40.9 cm³/mol. The van der Waals surface area contributed by atoms with E-state index in [2.05, 4.69) is 0 Å². The summed E-state index contributed by atoms with van der Waals surface area (Å²) in [5.41, 5.74) is -1.94. The molecule has 1 saturated heterocycles. The summed E-state index contributed by atoms with van der Waals surface area (Å²) >= 11 is 0. The highest BCUT2D eigenvalue weighted by Crippen LogP contribution is 2.22. The maximum Gasteiger partial charge on any atom is 0.482 e.